The molecule has 118 valence electrons. The number of nitrogens with one attached hydrogen (secondary N) is 2. The van der Waals surface area contributed by atoms with Crippen molar-refractivity contribution >= 4 is 11.7 Å². The van der Waals surface area contributed by atoms with E-state index in [0.29, 0.717) is 17.8 Å². The number of amides is 1. The molecule has 1 saturated heterocycles. The minimum Gasteiger partial charge on any atom is -0.348 e. The first kappa shape index (κ1) is 16.1. The maximum Gasteiger partial charge on any atom is 0.225 e. The highest BCUT2D eigenvalue weighted by Gasteiger charge is 2.24. The van der Waals surface area contributed by atoms with Crippen molar-refractivity contribution in [1.82, 2.24) is 9.88 Å². The van der Waals surface area contributed by atoms with Gasteiger partial charge in [0.25, 0.3) is 0 Å². The lowest BCUT2D eigenvalue weighted by Crippen LogP contribution is -2.38. The Morgan fingerprint density at radius 3 is 2.62 bits per heavy atom. The number of H-pyrrole nitrogens is 1. The predicted octanol–water partition coefficient (Wildman–Crippen LogP) is 3.59. The molecule has 4 nitrogen and oxygen atoms in total. The summed E-state index contributed by atoms with van der Waals surface area (Å²) in [5.41, 5.74) is 1.70. The maximum absolute atomic E-state index is 11.4. The van der Waals surface area contributed by atoms with Gasteiger partial charge in [-0.2, -0.15) is 0 Å². The van der Waals surface area contributed by atoms with Crippen LogP contribution in [-0.4, -0.2) is 35.4 Å². The largest absolute Gasteiger partial charge is 0.348 e. The molecule has 1 aromatic heterocycles. The van der Waals surface area contributed by atoms with Crippen LogP contribution in [-0.2, 0) is 4.79 Å². The predicted molar refractivity (Wildman–Crippen MR) is 87.6 cm³/mol. The highest BCUT2D eigenvalue weighted by molar-refractivity contribution is 5.89. The number of carbonyl (C=O) groups is 1. The summed E-state index contributed by atoms with van der Waals surface area (Å²) in [7, 11) is 0. The van der Waals surface area contributed by atoms with Crippen molar-refractivity contribution in [3.05, 3.63) is 17.8 Å². The summed E-state index contributed by atoms with van der Waals surface area (Å²) < 4.78 is 0. The van der Waals surface area contributed by atoms with Crippen molar-refractivity contribution in [3.63, 3.8) is 0 Å². The van der Waals surface area contributed by atoms with Gasteiger partial charge in [-0.3, -0.25) is 4.79 Å². The van der Waals surface area contributed by atoms with Crippen molar-refractivity contribution in [2.24, 2.45) is 5.41 Å². The summed E-state index contributed by atoms with van der Waals surface area (Å²) in [4.78, 5) is 17.1. The first-order valence-corrected chi connectivity index (χ1v) is 8.08. The van der Waals surface area contributed by atoms with Crippen molar-refractivity contribution in [2.75, 3.05) is 25.0 Å². The fourth-order valence-corrected chi connectivity index (χ4v) is 3.05. The first-order chi connectivity index (χ1) is 9.87. The third-order valence-electron chi connectivity index (χ3n) is 4.06. The molecule has 0 aliphatic carbocycles. The van der Waals surface area contributed by atoms with E-state index in [1.807, 2.05) is 6.92 Å². The molecule has 2 rings (SSSR count). The molecule has 1 aliphatic heterocycles. The zero-order valence-electron chi connectivity index (χ0n) is 13.8. The van der Waals surface area contributed by atoms with Crippen molar-refractivity contribution in [2.45, 2.75) is 52.9 Å². The van der Waals surface area contributed by atoms with Crippen molar-refractivity contribution in [1.29, 1.82) is 0 Å². The van der Waals surface area contributed by atoms with Crippen molar-refractivity contribution in [3.8, 4) is 0 Å². The number of hydrogen-bond acceptors (Lipinski definition) is 2. The number of likely N-dealkylation sites (tertiary alicyclic amines) is 1. The summed E-state index contributed by atoms with van der Waals surface area (Å²) in [6.45, 7) is 12.3. The monoisotopic (exact) mass is 291 g/mol. The molecule has 2 heterocycles. The lowest BCUT2D eigenvalue weighted by atomic mass is 9.89. The molecule has 0 aromatic carbocycles. The Morgan fingerprint density at radius 1 is 1.38 bits per heavy atom. The molecule has 0 unspecified atom stereocenters. The summed E-state index contributed by atoms with van der Waals surface area (Å²) >= 11 is 0. The van der Waals surface area contributed by atoms with E-state index in [0.717, 1.165) is 5.82 Å². The third-order valence-corrected chi connectivity index (χ3v) is 4.06. The zero-order valence-corrected chi connectivity index (χ0v) is 13.8. The summed E-state index contributed by atoms with van der Waals surface area (Å²) in [6.07, 6.45) is 4.97. The molecule has 0 atom stereocenters. The fraction of sp³-hybridized carbons (Fsp3) is 0.706. The quantitative estimate of drug-likeness (QED) is 0.890. The van der Waals surface area contributed by atoms with Crippen LogP contribution in [0.15, 0.2) is 12.3 Å². The second-order valence-corrected chi connectivity index (χ2v) is 7.36. The molecular weight excluding hydrogens is 262 g/mol. The molecule has 1 amide bonds. The van der Waals surface area contributed by atoms with E-state index in [1.165, 1.54) is 38.0 Å². The van der Waals surface area contributed by atoms with Crippen LogP contribution in [0, 0.1) is 5.41 Å². The molecular formula is C17H29N3O. The Morgan fingerprint density at radius 2 is 2.05 bits per heavy atom. The van der Waals surface area contributed by atoms with E-state index >= 15 is 0 Å². The fourth-order valence-electron chi connectivity index (χ4n) is 3.05. The minimum atomic E-state index is 0.0587. The number of piperidine rings is 1. The van der Waals surface area contributed by atoms with Gasteiger partial charge in [0.15, 0.2) is 0 Å². The van der Waals surface area contributed by atoms with E-state index in [1.54, 1.807) is 0 Å². The molecule has 2 N–H and O–H groups in total. The number of hydrogen-bond donors (Lipinski definition) is 2. The number of aromatic nitrogens is 1. The first-order valence-electron chi connectivity index (χ1n) is 8.08. The van der Waals surface area contributed by atoms with Crippen LogP contribution in [0.5, 0.6) is 0 Å². The van der Waals surface area contributed by atoms with Gasteiger partial charge in [-0.15, -0.1) is 0 Å². The molecule has 0 radical (unpaired) electrons. The summed E-state index contributed by atoms with van der Waals surface area (Å²) in [6, 6.07) is 2.09. The standard InChI is InChI=1S/C17H29N3O/c1-5-16(21)19-15-10-14(11-18-15)13-6-8-20(9-7-13)12-17(2,3)4/h10-11,13,18H,5-9,12H2,1-4H3,(H,19,21). The molecule has 0 saturated carbocycles. The highest BCUT2D eigenvalue weighted by atomic mass is 16.1. The Hall–Kier alpha value is -1.29. The van der Waals surface area contributed by atoms with Gasteiger partial charge < -0.3 is 15.2 Å². The van der Waals surface area contributed by atoms with Crippen LogP contribution in [0.3, 0.4) is 0 Å². The number of nitrogens with zero attached hydrogens (tertiary/aromatic N) is 1. The Kier molecular flexibility index (Phi) is 5.09. The van der Waals surface area contributed by atoms with Gasteiger partial charge in [-0.05, 0) is 48.9 Å². The topological polar surface area (TPSA) is 48.1 Å². The number of carbonyl (C=O) groups excluding carboxylic acids is 1. The Labute approximate surface area is 128 Å². The molecule has 1 fully saturated rings. The summed E-state index contributed by atoms with van der Waals surface area (Å²) in [5.74, 6) is 1.50. The van der Waals surface area contributed by atoms with Crippen LogP contribution in [0.25, 0.3) is 0 Å². The molecule has 0 bridgehead atoms. The van der Waals surface area contributed by atoms with E-state index in [2.05, 4.69) is 48.2 Å². The lowest BCUT2D eigenvalue weighted by Gasteiger charge is -2.35. The minimum absolute atomic E-state index is 0.0587. The SMILES string of the molecule is CCC(=O)Nc1cc(C2CCN(CC(C)(C)C)CC2)c[nH]1. The van der Waals surface area contributed by atoms with Gasteiger partial charge in [0.1, 0.15) is 5.82 Å². The van der Waals surface area contributed by atoms with Gasteiger partial charge in [0.05, 0.1) is 0 Å². The van der Waals surface area contributed by atoms with Gasteiger partial charge in [0, 0.05) is 19.2 Å². The summed E-state index contributed by atoms with van der Waals surface area (Å²) in [5, 5.41) is 2.89. The van der Waals surface area contributed by atoms with Gasteiger partial charge in [-0.1, -0.05) is 27.7 Å². The van der Waals surface area contributed by atoms with Gasteiger partial charge >= 0.3 is 0 Å². The maximum atomic E-state index is 11.4. The van der Waals surface area contributed by atoms with Gasteiger partial charge in [-0.25, -0.2) is 0 Å². The third kappa shape index (κ3) is 4.88. The number of rotatable bonds is 4. The highest BCUT2D eigenvalue weighted by Crippen LogP contribution is 2.30. The average Bonchev–Trinajstić information content (AvgIpc) is 2.86. The van der Waals surface area contributed by atoms with E-state index in [-0.39, 0.29) is 5.91 Å². The molecule has 21 heavy (non-hydrogen) atoms. The average molecular weight is 291 g/mol. The Bertz CT molecular complexity index is 465. The van der Waals surface area contributed by atoms with E-state index in [4.69, 9.17) is 0 Å². The number of anilines is 1. The molecule has 1 aliphatic rings. The van der Waals surface area contributed by atoms with Crippen molar-refractivity contribution < 1.29 is 4.79 Å². The van der Waals surface area contributed by atoms with Crippen LogP contribution in [0.1, 0.15) is 58.4 Å². The lowest BCUT2D eigenvalue weighted by molar-refractivity contribution is -0.115. The second-order valence-electron chi connectivity index (χ2n) is 7.36. The Balaban J connectivity index is 1.86. The second kappa shape index (κ2) is 6.65. The van der Waals surface area contributed by atoms with Crippen LogP contribution < -0.4 is 5.32 Å². The molecule has 4 heteroatoms. The molecule has 0 spiro atoms. The van der Waals surface area contributed by atoms with E-state index in [9.17, 15) is 4.79 Å². The number of aromatic amines is 1. The molecule has 1 aromatic rings. The van der Waals surface area contributed by atoms with Crippen LogP contribution in [0.4, 0.5) is 5.82 Å². The normalized spacial score (nSPS) is 17.9. The van der Waals surface area contributed by atoms with Crippen LogP contribution in [0.2, 0.25) is 0 Å². The zero-order chi connectivity index (χ0) is 15.5. The van der Waals surface area contributed by atoms with E-state index < -0.39 is 0 Å². The van der Waals surface area contributed by atoms with Crippen LogP contribution >= 0.6 is 0 Å². The van der Waals surface area contributed by atoms with Gasteiger partial charge in [0.2, 0.25) is 5.91 Å². The smallest absolute Gasteiger partial charge is 0.225 e.